The summed E-state index contributed by atoms with van der Waals surface area (Å²) < 4.78 is 5.19. The number of carbonyl (C=O) groups is 2. The monoisotopic (exact) mass is 223 g/mol. The summed E-state index contributed by atoms with van der Waals surface area (Å²) in [5.41, 5.74) is 1.38. The zero-order valence-corrected chi connectivity index (χ0v) is 9.11. The summed E-state index contributed by atoms with van der Waals surface area (Å²) in [6.45, 7) is 3.14. The number of hydrogen-bond donors (Lipinski definition) is 2. The van der Waals surface area contributed by atoms with E-state index in [0.29, 0.717) is 11.3 Å². The normalized spacial score (nSPS) is 9.62. The lowest BCUT2D eigenvalue weighted by Crippen LogP contribution is -2.25. The number of hydrogen-bond acceptors (Lipinski definition) is 3. The molecular formula is C11H13NO4. The summed E-state index contributed by atoms with van der Waals surface area (Å²) in [5, 5.41) is 10.4. The van der Waals surface area contributed by atoms with Crippen LogP contribution in [0.3, 0.4) is 0 Å². The van der Waals surface area contributed by atoms with Crippen molar-refractivity contribution in [2.75, 3.05) is 6.73 Å². The van der Waals surface area contributed by atoms with Crippen molar-refractivity contribution >= 4 is 11.9 Å². The molecule has 0 bridgehead atoms. The third kappa shape index (κ3) is 3.27. The van der Waals surface area contributed by atoms with Gasteiger partial charge in [0.15, 0.2) is 12.5 Å². The van der Waals surface area contributed by atoms with E-state index in [2.05, 4.69) is 5.32 Å². The molecular weight excluding hydrogens is 210 g/mol. The summed E-state index contributed by atoms with van der Waals surface area (Å²) in [5.74, 6) is 0.442. The lowest BCUT2D eigenvalue weighted by atomic mass is 10.1. The molecule has 0 atom stereocenters. The van der Waals surface area contributed by atoms with Crippen LogP contribution in [0.1, 0.15) is 22.8 Å². The fourth-order valence-corrected chi connectivity index (χ4v) is 1.15. The zero-order chi connectivity index (χ0) is 12.1. The average molecular weight is 223 g/mol. The second-order valence-corrected chi connectivity index (χ2v) is 3.31. The first-order chi connectivity index (χ1) is 7.50. The van der Waals surface area contributed by atoms with Crippen molar-refractivity contribution < 1.29 is 19.4 Å². The molecule has 86 valence electrons. The van der Waals surface area contributed by atoms with Gasteiger partial charge in [-0.2, -0.15) is 0 Å². The van der Waals surface area contributed by atoms with Gasteiger partial charge in [-0.15, -0.1) is 0 Å². The van der Waals surface area contributed by atoms with E-state index in [1.54, 1.807) is 18.2 Å². The van der Waals surface area contributed by atoms with Gasteiger partial charge in [-0.3, -0.25) is 10.1 Å². The quantitative estimate of drug-likeness (QED) is 0.602. The molecule has 0 aliphatic carbocycles. The number of carboxylic acid groups (broad SMARTS) is 1. The predicted molar refractivity (Wildman–Crippen MR) is 57.8 cm³/mol. The molecule has 0 unspecified atom stereocenters. The van der Waals surface area contributed by atoms with Crippen molar-refractivity contribution in [2.24, 2.45) is 0 Å². The van der Waals surface area contributed by atoms with Gasteiger partial charge in [-0.05, 0) is 25.5 Å². The summed E-state index contributed by atoms with van der Waals surface area (Å²) in [6.07, 6.45) is -1.15. The van der Waals surface area contributed by atoms with E-state index in [4.69, 9.17) is 9.84 Å². The van der Waals surface area contributed by atoms with E-state index in [1.807, 2.05) is 6.92 Å². The molecule has 2 N–H and O–H groups in total. The van der Waals surface area contributed by atoms with Crippen LogP contribution in [0.15, 0.2) is 18.2 Å². The Hall–Kier alpha value is -2.04. The lowest BCUT2D eigenvalue weighted by Gasteiger charge is -2.09. The first kappa shape index (κ1) is 12.0. The smallest absolute Gasteiger partial charge is 0.407 e. The Kier molecular flexibility index (Phi) is 3.88. The molecule has 1 aromatic rings. The van der Waals surface area contributed by atoms with E-state index in [1.165, 1.54) is 6.92 Å². The Morgan fingerprint density at radius 1 is 1.44 bits per heavy atom. The molecule has 16 heavy (non-hydrogen) atoms. The standard InChI is InChI=1S/C11H13NO4/c1-7-3-4-9(8(2)13)5-10(7)16-6-12-11(14)15/h3-5,12H,6H2,1-2H3,(H,14,15). The molecule has 0 aromatic heterocycles. The zero-order valence-electron chi connectivity index (χ0n) is 9.11. The summed E-state index contributed by atoms with van der Waals surface area (Å²) in [4.78, 5) is 21.3. The van der Waals surface area contributed by atoms with Gasteiger partial charge in [0, 0.05) is 5.56 Å². The van der Waals surface area contributed by atoms with Gasteiger partial charge in [0.1, 0.15) is 5.75 Å². The van der Waals surface area contributed by atoms with Crippen molar-refractivity contribution in [3.8, 4) is 5.75 Å². The number of benzene rings is 1. The molecule has 0 saturated heterocycles. The van der Waals surface area contributed by atoms with Gasteiger partial charge >= 0.3 is 6.09 Å². The highest BCUT2D eigenvalue weighted by Crippen LogP contribution is 2.19. The summed E-state index contributed by atoms with van der Waals surface area (Å²) in [7, 11) is 0. The maximum atomic E-state index is 11.1. The average Bonchev–Trinajstić information content (AvgIpc) is 2.20. The number of carbonyl (C=O) groups excluding carboxylic acids is 1. The second-order valence-electron chi connectivity index (χ2n) is 3.31. The van der Waals surface area contributed by atoms with Crippen molar-refractivity contribution in [3.05, 3.63) is 29.3 Å². The van der Waals surface area contributed by atoms with E-state index < -0.39 is 6.09 Å². The molecule has 0 aliphatic heterocycles. The highest BCUT2D eigenvalue weighted by atomic mass is 16.5. The minimum Gasteiger partial charge on any atom is -0.473 e. The molecule has 1 rings (SSSR count). The van der Waals surface area contributed by atoms with Gasteiger partial charge in [0.05, 0.1) is 0 Å². The first-order valence-electron chi connectivity index (χ1n) is 4.72. The number of ketones is 1. The van der Waals surface area contributed by atoms with Crippen molar-refractivity contribution in [3.63, 3.8) is 0 Å². The van der Waals surface area contributed by atoms with Crippen LogP contribution in [-0.2, 0) is 0 Å². The van der Waals surface area contributed by atoms with Crippen LogP contribution in [0.4, 0.5) is 4.79 Å². The van der Waals surface area contributed by atoms with Crippen LogP contribution in [0, 0.1) is 6.92 Å². The molecule has 5 nitrogen and oxygen atoms in total. The van der Waals surface area contributed by atoms with Crippen molar-refractivity contribution in [2.45, 2.75) is 13.8 Å². The fourth-order valence-electron chi connectivity index (χ4n) is 1.15. The fraction of sp³-hybridized carbons (Fsp3) is 0.273. The van der Waals surface area contributed by atoms with Gasteiger partial charge in [-0.25, -0.2) is 4.79 Å². The van der Waals surface area contributed by atoms with Crippen LogP contribution in [0.2, 0.25) is 0 Å². The number of aryl methyl sites for hydroxylation is 1. The predicted octanol–water partition coefficient (Wildman–Crippen LogP) is 1.80. The second kappa shape index (κ2) is 5.16. The van der Waals surface area contributed by atoms with Crippen molar-refractivity contribution in [1.29, 1.82) is 0 Å². The molecule has 0 radical (unpaired) electrons. The van der Waals surface area contributed by atoms with Gasteiger partial charge in [0.25, 0.3) is 0 Å². The van der Waals surface area contributed by atoms with E-state index in [0.717, 1.165) is 5.56 Å². The first-order valence-corrected chi connectivity index (χ1v) is 4.72. The largest absolute Gasteiger partial charge is 0.473 e. The minimum absolute atomic E-state index is 0.0592. The third-order valence-corrected chi connectivity index (χ3v) is 2.05. The van der Waals surface area contributed by atoms with Crippen LogP contribution in [-0.4, -0.2) is 23.7 Å². The van der Waals surface area contributed by atoms with E-state index in [9.17, 15) is 9.59 Å². The molecule has 1 aromatic carbocycles. The van der Waals surface area contributed by atoms with Crippen LogP contribution in [0.25, 0.3) is 0 Å². The Balaban J connectivity index is 2.74. The molecule has 0 saturated carbocycles. The number of ether oxygens (including phenoxy) is 1. The van der Waals surface area contributed by atoms with Gasteiger partial charge in [-0.1, -0.05) is 12.1 Å². The molecule has 1 amide bonds. The highest BCUT2D eigenvalue weighted by molar-refractivity contribution is 5.94. The minimum atomic E-state index is -1.15. The Labute approximate surface area is 93.0 Å². The molecule has 0 spiro atoms. The topological polar surface area (TPSA) is 75.6 Å². The van der Waals surface area contributed by atoms with Crippen LogP contribution >= 0.6 is 0 Å². The van der Waals surface area contributed by atoms with E-state index in [-0.39, 0.29) is 12.5 Å². The Bertz CT molecular complexity index is 414. The molecule has 0 fully saturated rings. The Morgan fingerprint density at radius 3 is 2.69 bits per heavy atom. The lowest BCUT2D eigenvalue weighted by molar-refractivity contribution is 0.101. The summed E-state index contributed by atoms with van der Waals surface area (Å²) >= 11 is 0. The highest BCUT2D eigenvalue weighted by Gasteiger charge is 2.05. The maximum Gasteiger partial charge on any atom is 0.407 e. The number of rotatable bonds is 4. The maximum absolute atomic E-state index is 11.1. The molecule has 5 heteroatoms. The summed E-state index contributed by atoms with van der Waals surface area (Å²) in [6, 6.07) is 5.06. The third-order valence-electron chi connectivity index (χ3n) is 2.05. The SMILES string of the molecule is CC(=O)c1ccc(C)c(OCNC(=O)O)c1. The number of nitrogens with one attached hydrogen (secondary N) is 1. The Morgan fingerprint density at radius 2 is 2.12 bits per heavy atom. The number of Topliss-reactive ketones (excluding diaryl/α,β-unsaturated/α-hetero) is 1. The van der Waals surface area contributed by atoms with E-state index >= 15 is 0 Å². The van der Waals surface area contributed by atoms with Gasteiger partial charge in [0.2, 0.25) is 0 Å². The van der Waals surface area contributed by atoms with Crippen molar-refractivity contribution in [1.82, 2.24) is 5.32 Å². The number of amides is 1. The van der Waals surface area contributed by atoms with Crippen LogP contribution < -0.4 is 10.1 Å². The molecule has 0 heterocycles. The molecule has 0 aliphatic rings. The van der Waals surface area contributed by atoms with Gasteiger partial charge < -0.3 is 9.84 Å². The van der Waals surface area contributed by atoms with Crippen LogP contribution in [0.5, 0.6) is 5.75 Å².